The summed E-state index contributed by atoms with van der Waals surface area (Å²) in [5, 5.41) is 8.42. The zero-order chi connectivity index (χ0) is 11.2. The van der Waals surface area contributed by atoms with Crippen molar-refractivity contribution in [3.63, 3.8) is 0 Å². The first-order valence-corrected chi connectivity index (χ1v) is 6.42. The highest BCUT2D eigenvalue weighted by molar-refractivity contribution is 7.90. The summed E-state index contributed by atoms with van der Waals surface area (Å²) in [7, 11) is -1.09. The Hall–Kier alpha value is -0.640. The standard InChI is InChI=1S/C8H17N3O2S/c1-11(4-3-8(10)7-9)5-6-14(2,12)13/h8H,3-6,10H2,1-2H3. The van der Waals surface area contributed by atoms with Crippen LogP contribution in [0.4, 0.5) is 0 Å². The third-order valence-electron chi connectivity index (χ3n) is 1.83. The van der Waals surface area contributed by atoms with Crippen molar-refractivity contribution in [1.82, 2.24) is 4.90 Å². The van der Waals surface area contributed by atoms with E-state index >= 15 is 0 Å². The molecule has 0 spiro atoms. The lowest BCUT2D eigenvalue weighted by Crippen LogP contribution is -2.30. The van der Waals surface area contributed by atoms with Gasteiger partial charge in [0.1, 0.15) is 9.84 Å². The minimum absolute atomic E-state index is 0.144. The van der Waals surface area contributed by atoms with Gasteiger partial charge in [-0.05, 0) is 13.5 Å². The number of hydrogen-bond donors (Lipinski definition) is 1. The summed E-state index contributed by atoms with van der Waals surface area (Å²) >= 11 is 0. The van der Waals surface area contributed by atoms with Gasteiger partial charge in [0.05, 0.1) is 17.9 Å². The molecule has 0 saturated heterocycles. The van der Waals surface area contributed by atoms with Gasteiger partial charge in [0.2, 0.25) is 0 Å². The van der Waals surface area contributed by atoms with Gasteiger partial charge in [-0.15, -0.1) is 0 Å². The van der Waals surface area contributed by atoms with Crippen LogP contribution in [-0.4, -0.2) is 51.5 Å². The van der Waals surface area contributed by atoms with Crippen molar-refractivity contribution in [3.05, 3.63) is 0 Å². The maximum absolute atomic E-state index is 10.8. The van der Waals surface area contributed by atoms with Crippen molar-refractivity contribution in [3.8, 4) is 6.07 Å². The van der Waals surface area contributed by atoms with Gasteiger partial charge < -0.3 is 10.6 Å². The average molecular weight is 219 g/mol. The summed E-state index contributed by atoms with van der Waals surface area (Å²) in [4.78, 5) is 1.86. The van der Waals surface area contributed by atoms with Gasteiger partial charge in [0.25, 0.3) is 0 Å². The fraction of sp³-hybridized carbons (Fsp3) is 0.875. The average Bonchev–Trinajstić information content (AvgIpc) is 2.09. The number of nitrogens with zero attached hydrogens (tertiary/aromatic N) is 2. The first kappa shape index (κ1) is 13.4. The van der Waals surface area contributed by atoms with Crippen LogP contribution < -0.4 is 5.73 Å². The molecule has 1 unspecified atom stereocenters. The van der Waals surface area contributed by atoms with Crippen LogP contribution in [0.2, 0.25) is 0 Å². The van der Waals surface area contributed by atoms with E-state index in [0.29, 0.717) is 19.5 Å². The zero-order valence-corrected chi connectivity index (χ0v) is 9.42. The smallest absolute Gasteiger partial charge is 0.148 e. The molecule has 0 aliphatic heterocycles. The Labute approximate surface area is 85.4 Å². The third kappa shape index (κ3) is 7.98. The minimum atomic E-state index is -2.90. The molecule has 0 fully saturated rings. The molecule has 0 heterocycles. The van der Waals surface area contributed by atoms with Crippen LogP contribution in [0, 0.1) is 11.3 Å². The Kier molecular flexibility index (Phi) is 5.69. The Bertz CT molecular complexity index is 294. The van der Waals surface area contributed by atoms with Crippen molar-refractivity contribution in [1.29, 1.82) is 5.26 Å². The van der Waals surface area contributed by atoms with Gasteiger partial charge in [-0.1, -0.05) is 0 Å². The molecule has 0 aliphatic rings. The maximum atomic E-state index is 10.8. The first-order valence-electron chi connectivity index (χ1n) is 4.36. The predicted molar refractivity (Wildman–Crippen MR) is 55.4 cm³/mol. The van der Waals surface area contributed by atoms with E-state index in [0.717, 1.165) is 0 Å². The topological polar surface area (TPSA) is 87.2 Å². The molecule has 0 radical (unpaired) electrons. The summed E-state index contributed by atoms with van der Waals surface area (Å²) in [5.41, 5.74) is 5.40. The molecule has 0 amide bonds. The number of sulfone groups is 1. The highest BCUT2D eigenvalue weighted by Crippen LogP contribution is 1.92. The molecule has 0 saturated carbocycles. The molecule has 0 bridgehead atoms. The van der Waals surface area contributed by atoms with Crippen LogP contribution in [-0.2, 0) is 9.84 Å². The number of nitrogens with two attached hydrogens (primary N) is 1. The highest BCUT2D eigenvalue weighted by Gasteiger charge is 2.07. The Balaban J connectivity index is 3.68. The second-order valence-electron chi connectivity index (χ2n) is 3.46. The lowest BCUT2D eigenvalue weighted by Gasteiger charge is -2.16. The molecule has 0 rings (SSSR count). The molecule has 6 heteroatoms. The molecule has 0 aromatic carbocycles. The van der Waals surface area contributed by atoms with Crippen LogP contribution in [0.5, 0.6) is 0 Å². The van der Waals surface area contributed by atoms with Crippen LogP contribution in [0.3, 0.4) is 0 Å². The van der Waals surface area contributed by atoms with Crippen LogP contribution in [0.25, 0.3) is 0 Å². The van der Waals surface area contributed by atoms with E-state index in [1.165, 1.54) is 6.26 Å². The Morgan fingerprint density at radius 3 is 2.50 bits per heavy atom. The lowest BCUT2D eigenvalue weighted by atomic mass is 10.2. The molecule has 5 nitrogen and oxygen atoms in total. The van der Waals surface area contributed by atoms with E-state index in [9.17, 15) is 8.42 Å². The summed E-state index contributed by atoms with van der Waals surface area (Å²) < 4.78 is 21.7. The second kappa shape index (κ2) is 5.96. The molecule has 1 atom stereocenters. The lowest BCUT2D eigenvalue weighted by molar-refractivity contribution is 0.343. The van der Waals surface area contributed by atoms with Gasteiger partial charge >= 0.3 is 0 Å². The SMILES string of the molecule is CN(CCC(N)C#N)CCS(C)(=O)=O. The summed E-state index contributed by atoms with van der Waals surface area (Å²) in [6.07, 6.45) is 1.78. The van der Waals surface area contributed by atoms with Crippen molar-refractivity contribution in [2.24, 2.45) is 5.73 Å². The van der Waals surface area contributed by atoms with Crippen molar-refractivity contribution in [2.45, 2.75) is 12.5 Å². The van der Waals surface area contributed by atoms with E-state index in [2.05, 4.69) is 0 Å². The Morgan fingerprint density at radius 1 is 1.50 bits per heavy atom. The third-order valence-corrected chi connectivity index (χ3v) is 2.76. The Morgan fingerprint density at radius 2 is 2.07 bits per heavy atom. The van der Waals surface area contributed by atoms with Crippen LogP contribution in [0.1, 0.15) is 6.42 Å². The quantitative estimate of drug-likeness (QED) is 0.632. The molecule has 0 aromatic heterocycles. The van der Waals surface area contributed by atoms with Crippen molar-refractivity contribution in [2.75, 3.05) is 32.1 Å². The van der Waals surface area contributed by atoms with Gasteiger partial charge in [-0.25, -0.2) is 8.42 Å². The van der Waals surface area contributed by atoms with E-state index < -0.39 is 15.9 Å². The van der Waals surface area contributed by atoms with Gasteiger partial charge in [0.15, 0.2) is 0 Å². The van der Waals surface area contributed by atoms with E-state index in [1.54, 1.807) is 0 Å². The number of hydrogen-bond acceptors (Lipinski definition) is 5. The fourth-order valence-electron chi connectivity index (χ4n) is 0.857. The van der Waals surface area contributed by atoms with Crippen molar-refractivity contribution >= 4 is 9.84 Å². The largest absolute Gasteiger partial charge is 0.316 e. The highest BCUT2D eigenvalue weighted by atomic mass is 32.2. The van der Waals surface area contributed by atoms with E-state index in [-0.39, 0.29) is 5.75 Å². The monoisotopic (exact) mass is 219 g/mol. The van der Waals surface area contributed by atoms with Crippen LogP contribution in [0.15, 0.2) is 0 Å². The summed E-state index contributed by atoms with van der Waals surface area (Å²) in [6, 6.07) is 1.46. The van der Waals surface area contributed by atoms with Gasteiger partial charge in [-0.2, -0.15) is 5.26 Å². The number of rotatable bonds is 6. The van der Waals surface area contributed by atoms with Gasteiger partial charge in [0, 0.05) is 19.3 Å². The second-order valence-corrected chi connectivity index (χ2v) is 5.72. The molecule has 2 N–H and O–H groups in total. The number of nitriles is 1. The minimum Gasteiger partial charge on any atom is -0.316 e. The molecule has 0 aliphatic carbocycles. The van der Waals surface area contributed by atoms with E-state index in [1.807, 2.05) is 18.0 Å². The fourth-order valence-corrected chi connectivity index (χ4v) is 1.50. The van der Waals surface area contributed by atoms with Crippen molar-refractivity contribution < 1.29 is 8.42 Å². The molecular formula is C8H17N3O2S. The summed E-state index contributed by atoms with van der Waals surface area (Å²) in [5.74, 6) is 0.144. The molecular weight excluding hydrogens is 202 g/mol. The normalized spacial score (nSPS) is 13.9. The van der Waals surface area contributed by atoms with E-state index in [4.69, 9.17) is 11.0 Å². The zero-order valence-electron chi connectivity index (χ0n) is 8.60. The maximum Gasteiger partial charge on any atom is 0.148 e. The molecule has 0 aromatic rings. The van der Waals surface area contributed by atoms with Gasteiger partial charge in [-0.3, -0.25) is 0 Å². The summed E-state index contributed by atoms with van der Waals surface area (Å²) in [6.45, 7) is 1.13. The van der Waals surface area contributed by atoms with Crippen LogP contribution >= 0.6 is 0 Å². The predicted octanol–water partition coefficient (Wildman–Crippen LogP) is -0.796. The molecule has 14 heavy (non-hydrogen) atoms. The first-order chi connectivity index (χ1) is 6.35. The molecule has 82 valence electrons.